The average molecular weight is 325 g/mol. The zero-order valence-electron chi connectivity index (χ0n) is 12.7. The molecule has 2 aromatic heterocycles. The summed E-state index contributed by atoms with van der Waals surface area (Å²) in [6.45, 7) is 4.12. The zero-order chi connectivity index (χ0) is 16.2. The molecule has 116 valence electrons. The first kappa shape index (κ1) is 15.1. The van der Waals surface area contributed by atoms with Crippen molar-refractivity contribution in [1.82, 2.24) is 15.2 Å². The SMILES string of the molecule is Cc1ccc(-c2nnc(NC(=O)Nc3cccnc3)s2)cc1C. The van der Waals surface area contributed by atoms with Crippen LogP contribution in [0.25, 0.3) is 10.6 Å². The standard InChI is InChI=1S/C16H15N5OS/c1-10-5-6-12(8-11(10)2)14-20-21-16(23-14)19-15(22)18-13-4-3-7-17-9-13/h3-9H,1-2H3,(H2,18,19,21,22). The van der Waals surface area contributed by atoms with Gasteiger partial charge in [0, 0.05) is 11.8 Å². The van der Waals surface area contributed by atoms with E-state index in [9.17, 15) is 4.79 Å². The van der Waals surface area contributed by atoms with Gasteiger partial charge in [-0.1, -0.05) is 23.5 Å². The van der Waals surface area contributed by atoms with E-state index in [0.29, 0.717) is 10.8 Å². The Hall–Kier alpha value is -2.80. The van der Waals surface area contributed by atoms with E-state index in [1.165, 1.54) is 22.5 Å². The van der Waals surface area contributed by atoms with Crippen molar-refractivity contribution in [3.63, 3.8) is 0 Å². The highest BCUT2D eigenvalue weighted by Gasteiger charge is 2.10. The molecular weight excluding hydrogens is 310 g/mol. The minimum absolute atomic E-state index is 0.374. The second kappa shape index (κ2) is 6.53. The highest BCUT2D eigenvalue weighted by molar-refractivity contribution is 7.18. The fraction of sp³-hybridized carbons (Fsp3) is 0.125. The third kappa shape index (κ3) is 3.70. The third-order valence-electron chi connectivity index (χ3n) is 3.32. The van der Waals surface area contributed by atoms with Crippen LogP contribution in [0, 0.1) is 13.8 Å². The zero-order valence-corrected chi connectivity index (χ0v) is 13.5. The Morgan fingerprint density at radius 3 is 2.70 bits per heavy atom. The number of hydrogen-bond donors (Lipinski definition) is 2. The molecule has 6 nitrogen and oxygen atoms in total. The Labute approximate surface area is 137 Å². The summed E-state index contributed by atoms with van der Waals surface area (Å²) in [5.74, 6) is 0. The first-order valence-electron chi connectivity index (χ1n) is 7.01. The maximum atomic E-state index is 11.9. The Bertz CT molecular complexity index is 831. The van der Waals surface area contributed by atoms with Gasteiger partial charge in [-0.3, -0.25) is 10.3 Å². The molecule has 0 radical (unpaired) electrons. The first-order valence-corrected chi connectivity index (χ1v) is 7.82. The van der Waals surface area contributed by atoms with Gasteiger partial charge in [-0.25, -0.2) is 4.79 Å². The lowest BCUT2D eigenvalue weighted by Gasteiger charge is -2.03. The number of rotatable bonds is 3. The van der Waals surface area contributed by atoms with Crippen molar-refractivity contribution in [3.05, 3.63) is 53.9 Å². The summed E-state index contributed by atoms with van der Waals surface area (Å²) >= 11 is 1.33. The molecule has 3 rings (SSSR count). The molecule has 23 heavy (non-hydrogen) atoms. The van der Waals surface area contributed by atoms with Crippen LogP contribution in [0.15, 0.2) is 42.7 Å². The largest absolute Gasteiger partial charge is 0.325 e. The number of pyridine rings is 1. The lowest BCUT2D eigenvalue weighted by Crippen LogP contribution is -2.19. The van der Waals surface area contributed by atoms with Gasteiger partial charge in [0.25, 0.3) is 0 Å². The van der Waals surface area contributed by atoms with E-state index in [1.54, 1.807) is 24.5 Å². The molecule has 0 aliphatic heterocycles. The van der Waals surface area contributed by atoms with Crippen LogP contribution in [0.1, 0.15) is 11.1 Å². The van der Waals surface area contributed by atoms with Gasteiger partial charge in [0.05, 0.1) is 11.9 Å². The van der Waals surface area contributed by atoms with Gasteiger partial charge < -0.3 is 5.32 Å². The Kier molecular flexibility index (Phi) is 4.29. The van der Waals surface area contributed by atoms with Gasteiger partial charge in [-0.15, -0.1) is 10.2 Å². The molecule has 2 heterocycles. The van der Waals surface area contributed by atoms with E-state index < -0.39 is 0 Å². The maximum absolute atomic E-state index is 11.9. The monoisotopic (exact) mass is 325 g/mol. The predicted octanol–water partition coefficient (Wildman–Crippen LogP) is 3.86. The normalized spacial score (nSPS) is 10.3. The topological polar surface area (TPSA) is 79.8 Å². The van der Waals surface area contributed by atoms with Crippen LogP contribution in [0.3, 0.4) is 0 Å². The lowest BCUT2D eigenvalue weighted by atomic mass is 10.1. The van der Waals surface area contributed by atoms with Gasteiger partial charge in [0.15, 0.2) is 0 Å². The summed E-state index contributed by atoms with van der Waals surface area (Å²) in [5.41, 5.74) is 4.03. The fourth-order valence-electron chi connectivity index (χ4n) is 1.96. The number of amides is 2. The summed E-state index contributed by atoms with van der Waals surface area (Å²) < 4.78 is 0. The van der Waals surface area contributed by atoms with Crippen molar-refractivity contribution in [2.75, 3.05) is 10.6 Å². The number of urea groups is 1. The van der Waals surface area contributed by atoms with Crippen LogP contribution in [-0.2, 0) is 0 Å². The molecular formula is C16H15N5OS. The van der Waals surface area contributed by atoms with E-state index in [4.69, 9.17) is 0 Å². The van der Waals surface area contributed by atoms with E-state index >= 15 is 0 Å². The molecule has 0 aliphatic carbocycles. The van der Waals surface area contributed by atoms with Crippen LogP contribution in [0.4, 0.5) is 15.6 Å². The van der Waals surface area contributed by atoms with Crippen LogP contribution in [0.2, 0.25) is 0 Å². The molecule has 0 bridgehead atoms. The molecule has 0 atom stereocenters. The summed E-state index contributed by atoms with van der Waals surface area (Å²) in [6, 6.07) is 9.25. The molecule has 2 N–H and O–H groups in total. The summed E-state index contributed by atoms with van der Waals surface area (Å²) in [7, 11) is 0. The molecule has 7 heteroatoms. The van der Waals surface area contributed by atoms with Crippen LogP contribution in [-0.4, -0.2) is 21.2 Å². The van der Waals surface area contributed by atoms with E-state index in [1.807, 2.05) is 12.1 Å². The smallest absolute Gasteiger partial charge is 0.306 e. The van der Waals surface area contributed by atoms with Crippen molar-refractivity contribution in [2.24, 2.45) is 0 Å². The van der Waals surface area contributed by atoms with Crippen LogP contribution >= 0.6 is 11.3 Å². The molecule has 3 aromatic rings. The lowest BCUT2D eigenvalue weighted by molar-refractivity contribution is 0.262. The molecule has 0 saturated heterocycles. The fourth-order valence-corrected chi connectivity index (χ4v) is 2.70. The molecule has 0 unspecified atom stereocenters. The van der Waals surface area contributed by atoms with Crippen molar-refractivity contribution in [3.8, 4) is 10.6 Å². The number of anilines is 2. The predicted molar refractivity (Wildman–Crippen MR) is 91.7 cm³/mol. The Morgan fingerprint density at radius 1 is 1.09 bits per heavy atom. The molecule has 0 fully saturated rings. The Morgan fingerprint density at radius 2 is 1.96 bits per heavy atom. The number of carbonyl (C=O) groups excluding carboxylic acids is 1. The number of nitrogens with zero attached hydrogens (tertiary/aromatic N) is 3. The summed E-state index contributed by atoms with van der Waals surface area (Å²) in [6.07, 6.45) is 3.21. The first-order chi connectivity index (χ1) is 11.1. The van der Waals surface area contributed by atoms with Crippen molar-refractivity contribution in [1.29, 1.82) is 0 Å². The average Bonchev–Trinajstić information content (AvgIpc) is 2.99. The minimum atomic E-state index is -0.374. The highest BCUT2D eigenvalue weighted by Crippen LogP contribution is 2.27. The Balaban J connectivity index is 1.69. The van der Waals surface area contributed by atoms with Gasteiger partial charge in [-0.05, 0) is 43.2 Å². The number of nitrogens with one attached hydrogen (secondary N) is 2. The van der Waals surface area contributed by atoms with Crippen molar-refractivity contribution >= 4 is 28.2 Å². The number of carbonyl (C=O) groups is 1. The number of aromatic nitrogens is 3. The molecule has 0 aliphatic rings. The molecule has 0 saturated carbocycles. The number of benzene rings is 1. The second-order valence-corrected chi connectivity index (χ2v) is 6.01. The number of aryl methyl sites for hydroxylation is 2. The van der Waals surface area contributed by atoms with Crippen molar-refractivity contribution in [2.45, 2.75) is 13.8 Å². The second-order valence-electron chi connectivity index (χ2n) is 5.03. The van der Waals surface area contributed by atoms with E-state index in [0.717, 1.165) is 10.6 Å². The summed E-state index contributed by atoms with van der Waals surface area (Å²) in [5, 5.41) is 14.7. The van der Waals surface area contributed by atoms with Crippen LogP contribution < -0.4 is 10.6 Å². The van der Waals surface area contributed by atoms with Crippen LogP contribution in [0.5, 0.6) is 0 Å². The molecule has 0 spiro atoms. The van der Waals surface area contributed by atoms with Gasteiger partial charge >= 0.3 is 6.03 Å². The van der Waals surface area contributed by atoms with Gasteiger partial charge in [0.2, 0.25) is 5.13 Å². The van der Waals surface area contributed by atoms with E-state index in [-0.39, 0.29) is 6.03 Å². The minimum Gasteiger partial charge on any atom is -0.306 e. The van der Waals surface area contributed by atoms with Gasteiger partial charge in [0.1, 0.15) is 5.01 Å². The van der Waals surface area contributed by atoms with Gasteiger partial charge in [-0.2, -0.15) is 0 Å². The quantitative estimate of drug-likeness (QED) is 0.766. The highest BCUT2D eigenvalue weighted by atomic mass is 32.1. The number of hydrogen-bond acceptors (Lipinski definition) is 5. The van der Waals surface area contributed by atoms with E-state index in [2.05, 4.69) is 45.7 Å². The maximum Gasteiger partial charge on any atom is 0.325 e. The molecule has 2 amide bonds. The third-order valence-corrected chi connectivity index (χ3v) is 4.21. The molecule has 1 aromatic carbocycles. The van der Waals surface area contributed by atoms with Crippen molar-refractivity contribution < 1.29 is 4.79 Å². The summed E-state index contributed by atoms with van der Waals surface area (Å²) in [4.78, 5) is 15.9.